The van der Waals surface area contributed by atoms with Crippen molar-refractivity contribution in [2.24, 2.45) is 5.73 Å². The van der Waals surface area contributed by atoms with E-state index < -0.39 is 5.54 Å². The molecule has 0 saturated carbocycles. The lowest BCUT2D eigenvalue weighted by molar-refractivity contribution is 0.389. The van der Waals surface area contributed by atoms with Gasteiger partial charge in [0.2, 0.25) is 0 Å². The fourth-order valence-corrected chi connectivity index (χ4v) is 1.64. The largest absolute Gasteiger partial charge is 0.493 e. The zero-order chi connectivity index (χ0) is 10.9. The van der Waals surface area contributed by atoms with Crippen LogP contribution in [0.4, 0.5) is 4.39 Å². The minimum atomic E-state index is -0.543. The molecule has 0 fully saturated rings. The van der Waals surface area contributed by atoms with Gasteiger partial charge in [0.15, 0.2) is 11.6 Å². The van der Waals surface area contributed by atoms with Gasteiger partial charge in [0.05, 0.1) is 7.11 Å². The fourth-order valence-electron chi connectivity index (χ4n) is 1.20. The number of rotatable bonds is 2. The average Bonchev–Trinajstić information content (AvgIpc) is 2.01. The number of benzene rings is 1. The number of halogens is 1. The summed E-state index contributed by atoms with van der Waals surface area (Å²) in [7, 11) is 3.88. The van der Waals surface area contributed by atoms with Gasteiger partial charge < -0.3 is 10.5 Å². The topological polar surface area (TPSA) is 35.2 Å². The molecule has 0 aromatic heterocycles. The third-order valence-corrected chi connectivity index (χ3v) is 2.45. The zero-order valence-corrected chi connectivity index (χ0v) is 9.75. The summed E-state index contributed by atoms with van der Waals surface area (Å²) in [6.07, 6.45) is 0. The highest BCUT2D eigenvalue weighted by Crippen LogP contribution is 2.23. The summed E-state index contributed by atoms with van der Waals surface area (Å²) in [6.45, 7) is 3.66. The highest BCUT2D eigenvalue weighted by molar-refractivity contribution is 7.27. The van der Waals surface area contributed by atoms with Gasteiger partial charge in [-0.15, -0.1) is 9.24 Å². The lowest BCUT2D eigenvalue weighted by Crippen LogP contribution is -2.29. The lowest BCUT2D eigenvalue weighted by Gasteiger charge is -2.20. The Balaban J connectivity index is 3.28. The molecule has 78 valence electrons. The normalized spacial score (nSPS) is 11.6. The van der Waals surface area contributed by atoms with Gasteiger partial charge in [-0.1, -0.05) is 0 Å². The number of hydrogen-bond acceptors (Lipinski definition) is 2. The molecule has 1 aromatic rings. The highest BCUT2D eigenvalue weighted by Gasteiger charge is 2.18. The Morgan fingerprint density at radius 3 is 2.36 bits per heavy atom. The first kappa shape index (κ1) is 11.4. The van der Waals surface area contributed by atoms with Crippen LogP contribution in [0.1, 0.15) is 19.4 Å². The molecule has 0 saturated heterocycles. The van der Waals surface area contributed by atoms with E-state index in [0.29, 0.717) is 5.30 Å². The van der Waals surface area contributed by atoms with Crippen molar-refractivity contribution in [2.45, 2.75) is 19.4 Å². The van der Waals surface area contributed by atoms with Crippen LogP contribution >= 0.6 is 9.24 Å². The molecular weight excluding hydrogens is 200 g/mol. The standard InChI is InChI=1S/C10H15FNOP/c1-10(2,12)6-4-7(11)9(13-3)8(14)5-6/h4-5H,12,14H2,1-3H3. The Labute approximate surface area is 85.8 Å². The van der Waals surface area contributed by atoms with Crippen molar-refractivity contribution in [3.8, 4) is 5.75 Å². The maximum absolute atomic E-state index is 13.4. The van der Waals surface area contributed by atoms with E-state index >= 15 is 0 Å². The van der Waals surface area contributed by atoms with Crippen molar-refractivity contribution in [3.05, 3.63) is 23.5 Å². The zero-order valence-electron chi connectivity index (χ0n) is 8.60. The Morgan fingerprint density at radius 2 is 2.00 bits per heavy atom. The van der Waals surface area contributed by atoms with Crippen LogP contribution < -0.4 is 15.8 Å². The predicted molar refractivity (Wildman–Crippen MR) is 59.5 cm³/mol. The molecule has 0 aliphatic rings. The maximum Gasteiger partial charge on any atom is 0.166 e. The minimum absolute atomic E-state index is 0.253. The minimum Gasteiger partial charge on any atom is -0.493 e. The third kappa shape index (κ3) is 2.23. The van der Waals surface area contributed by atoms with Gasteiger partial charge in [-0.25, -0.2) is 4.39 Å². The molecule has 0 spiro atoms. The van der Waals surface area contributed by atoms with Crippen molar-refractivity contribution in [3.63, 3.8) is 0 Å². The Hall–Kier alpha value is -0.660. The van der Waals surface area contributed by atoms with Gasteiger partial charge in [0.1, 0.15) is 0 Å². The van der Waals surface area contributed by atoms with Crippen LogP contribution in [0.25, 0.3) is 0 Å². The molecule has 0 heterocycles. The second-order valence-electron chi connectivity index (χ2n) is 3.80. The van der Waals surface area contributed by atoms with Crippen LogP contribution in [0.5, 0.6) is 5.75 Å². The van der Waals surface area contributed by atoms with Crippen molar-refractivity contribution >= 4 is 14.5 Å². The van der Waals surface area contributed by atoms with Gasteiger partial charge in [-0.2, -0.15) is 0 Å². The molecule has 0 bridgehead atoms. The SMILES string of the molecule is COc1c(F)cc(C(C)(C)N)cc1P. The molecule has 0 aliphatic heterocycles. The van der Waals surface area contributed by atoms with Crippen molar-refractivity contribution < 1.29 is 9.13 Å². The van der Waals surface area contributed by atoms with E-state index in [0.717, 1.165) is 5.56 Å². The van der Waals surface area contributed by atoms with Gasteiger partial charge in [-0.05, 0) is 31.5 Å². The number of methoxy groups -OCH3 is 1. The molecule has 0 amide bonds. The van der Waals surface area contributed by atoms with Crippen LogP contribution in [-0.4, -0.2) is 7.11 Å². The molecule has 0 aliphatic carbocycles. The van der Waals surface area contributed by atoms with Crippen LogP contribution in [0.2, 0.25) is 0 Å². The van der Waals surface area contributed by atoms with Gasteiger partial charge in [0.25, 0.3) is 0 Å². The van der Waals surface area contributed by atoms with E-state index in [2.05, 4.69) is 9.24 Å². The summed E-state index contributed by atoms with van der Waals surface area (Å²) in [5, 5.41) is 0.682. The number of ether oxygens (including phenoxy) is 1. The van der Waals surface area contributed by atoms with Crippen LogP contribution in [-0.2, 0) is 5.54 Å². The number of nitrogens with two attached hydrogens (primary N) is 1. The number of hydrogen-bond donors (Lipinski definition) is 1. The molecule has 2 nitrogen and oxygen atoms in total. The fraction of sp³-hybridized carbons (Fsp3) is 0.400. The molecular formula is C10H15FNOP. The molecule has 1 rings (SSSR count). The molecule has 14 heavy (non-hydrogen) atoms. The van der Waals surface area contributed by atoms with E-state index in [4.69, 9.17) is 10.5 Å². The third-order valence-electron chi connectivity index (χ3n) is 2.02. The van der Waals surface area contributed by atoms with Gasteiger partial charge in [0, 0.05) is 10.8 Å². The van der Waals surface area contributed by atoms with E-state index in [1.807, 2.05) is 19.9 Å². The quantitative estimate of drug-likeness (QED) is 0.759. The first-order valence-electron chi connectivity index (χ1n) is 4.28. The van der Waals surface area contributed by atoms with Gasteiger partial charge in [-0.3, -0.25) is 0 Å². The summed E-state index contributed by atoms with van der Waals surface area (Å²) in [5.74, 6) is -0.128. The summed E-state index contributed by atoms with van der Waals surface area (Å²) in [5.41, 5.74) is 6.08. The molecule has 1 atom stereocenters. The Bertz CT molecular complexity index is 323. The smallest absolute Gasteiger partial charge is 0.166 e. The summed E-state index contributed by atoms with van der Waals surface area (Å²) in [4.78, 5) is 0. The van der Waals surface area contributed by atoms with E-state index in [1.54, 1.807) is 0 Å². The van der Waals surface area contributed by atoms with Crippen molar-refractivity contribution in [2.75, 3.05) is 7.11 Å². The first-order chi connectivity index (χ1) is 6.36. The second kappa shape index (κ2) is 3.84. The van der Waals surface area contributed by atoms with Crippen LogP contribution in [0, 0.1) is 5.82 Å². The van der Waals surface area contributed by atoms with Crippen LogP contribution in [0.15, 0.2) is 12.1 Å². The molecule has 1 aromatic carbocycles. The Morgan fingerprint density at radius 1 is 1.43 bits per heavy atom. The first-order valence-corrected chi connectivity index (χ1v) is 4.86. The molecule has 1 unspecified atom stereocenters. The van der Waals surface area contributed by atoms with Crippen molar-refractivity contribution in [1.82, 2.24) is 0 Å². The molecule has 0 radical (unpaired) electrons. The lowest BCUT2D eigenvalue weighted by atomic mass is 9.95. The molecule has 2 N–H and O–H groups in total. The van der Waals surface area contributed by atoms with Crippen LogP contribution in [0.3, 0.4) is 0 Å². The monoisotopic (exact) mass is 215 g/mol. The van der Waals surface area contributed by atoms with E-state index in [1.165, 1.54) is 13.2 Å². The predicted octanol–water partition coefficient (Wildman–Crippen LogP) is 1.53. The van der Waals surface area contributed by atoms with Gasteiger partial charge >= 0.3 is 0 Å². The second-order valence-corrected chi connectivity index (χ2v) is 4.42. The Kier molecular flexibility index (Phi) is 3.13. The van der Waals surface area contributed by atoms with E-state index in [9.17, 15) is 4.39 Å². The summed E-state index contributed by atoms with van der Waals surface area (Å²) >= 11 is 0. The maximum atomic E-state index is 13.4. The summed E-state index contributed by atoms with van der Waals surface area (Å²) in [6, 6.07) is 3.22. The average molecular weight is 215 g/mol. The molecule has 4 heteroatoms. The highest BCUT2D eigenvalue weighted by atomic mass is 31.0. The summed E-state index contributed by atoms with van der Waals surface area (Å²) < 4.78 is 18.4. The van der Waals surface area contributed by atoms with Crippen molar-refractivity contribution in [1.29, 1.82) is 0 Å². The van der Waals surface area contributed by atoms with E-state index in [-0.39, 0.29) is 11.6 Å².